The lowest BCUT2D eigenvalue weighted by Gasteiger charge is -2.24. The van der Waals surface area contributed by atoms with Crippen LogP contribution in [-0.2, 0) is 14.8 Å². The van der Waals surface area contributed by atoms with Gasteiger partial charge in [0.1, 0.15) is 12.3 Å². The van der Waals surface area contributed by atoms with Crippen LogP contribution in [0.5, 0.6) is 5.75 Å². The summed E-state index contributed by atoms with van der Waals surface area (Å²) in [6.45, 7) is 1.42. The summed E-state index contributed by atoms with van der Waals surface area (Å²) in [5.74, 6) is -0.218. The van der Waals surface area contributed by atoms with Crippen molar-refractivity contribution in [2.45, 2.75) is 11.8 Å². The van der Waals surface area contributed by atoms with Gasteiger partial charge in [-0.2, -0.15) is 0 Å². The van der Waals surface area contributed by atoms with Gasteiger partial charge in [-0.15, -0.1) is 0 Å². The van der Waals surface area contributed by atoms with Crippen LogP contribution in [0.4, 0.5) is 11.4 Å². The lowest BCUT2D eigenvalue weighted by Crippen LogP contribution is -2.38. The van der Waals surface area contributed by atoms with Crippen molar-refractivity contribution in [2.75, 3.05) is 30.3 Å². The number of ether oxygens (including phenoxy) is 1. The molecule has 0 aliphatic rings. The number of methoxy groups -OCH3 is 1. The van der Waals surface area contributed by atoms with Crippen LogP contribution in [-0.4, -0.2) is 40.9 Å². The third-order valence-electron chi connectivity index (χ3n) is 4.91. The normalized spacial score (nSPS) is 10.9. The summed E-state index contributed by atoms with van der Waals surface area (Å²) in [6, 6.07) is 19.1. The van der Waals surface area contributed by atoms with Gasteiger partial charge < -0.3 is 15.4 Å². The predicted molar refractivity (Wildman–Crippen MR) is 127 cm³/mol. The molecular weight excluding hydrogens is 442 g/mol. The Kier molecular flexibility index (Phi) is 7.34. The fourth-order valence-corrected chi connectivity index (χ4v) is 4.50. The Morgan fingerprint density at radius 2 is 1.52 bits per heavy atom. The zero-order valence-corrected chi connectivity index (χ0v) is 19.3. The number of nitrogens with zero attached hydrogens (tertiary/aromatic N) is 1. The molecule has 0 radical (unpaired) electrons. The third kappa shape index (κ3) is 5.69. The summed E-state index contributed by atoms with van der Waals surface area (Å²) < 4.78 is 33.0. The van der Waals surface area contributed by atoms with Gasteiger partial charge in [0.2, 0.25) is 5.91 Å². The molecule has 3 aromatic carbocycles. The zero-order chi connectivity index (χ0) is 24.0. The Morgan fingerprint density at radius 1 is 0.909 bits per heavy atom. The quantitative estimate of drug-likeness (QED) is 0.529. The van der Waals surface area contributed by atoms with E-state index in [1.54, 1.807) is 60.7 Å². The van der Waals surface area contributed by atoms with E-state index in [4.69, 9.17) is 4.74 Å². The number of anilines is 2. The van der Waals surface area contributed by atoms with E-state index in [9.17, 15) is 18.0 Å². The minimum Gasteiger partial charge on any atom is -0.497 e. The number of hydrogen-bond donors (Lipinski definition) is 2. The topological polar surface area (TPSA) is 105 Å². The maximum Gasteiger partial charge on any atom is 0.264 e. The highest BCUT2D eigenvalue weighted by Gasteiger charge is 2.27. The third-order valence-corrected chi connectivity index (χ3v) is 6.70. The van der Waals surface area contributed by atoms with Crippen molar-refractivity contribution in [3.05, 3.63) is 83.9 Å². The number of nitrogens with one attached hydrogen (secondary N) is 2. The number of hydrogen-bond acceptors (Lipinski definition) is 5. The molecule has 9 heteroatoms. The van der Waals surface area contributed by atoms with Crippen molar-refractivity contribution in [3.63, 3.8) is 0 Å². The summed E-state index contributed by atoms with van der Waals surface area (Å²) in [5.41, 5.74) is 2.12. The van der Waals surface area contributed by atoms with Crippen molar-refractivity contribution in [3.8, 4) is 5.75 Å². The number of aryl methyl sites for hydroxylation is 1. The average Bonchev–Trinajstić information content (AvgIpc) is 2.83. The first-order valence-corrected chi connectivity index (χ1v) is 11.5. The standard InChI is InChI=1S/C24H25N3O5S/c1-17-4-14-22(15-5-17)33(30,31)27(20-10-12-21(32-3)13-11-20)16-23(28)26-19-8-6-18(7-9-19)24(29)25-2/h4-15H,16H2,1-3H3,(H,25,29)(H,26,28). The van der Waals surface area contributed by atoms with Crippen LogP contribution in [0.2, 0.25) is 0 Å². The maximum absolute atomic E-state index is 13.4. The average molecular weight is 468 g/mol. The number of amides is 2. The Balaban J connectivity index is 1.88. The summed E-state index contributed by atoms with van der Waals surface area (Å²) in [7, 11) is -0.980. The number of carbonyl (C=O) groups is 2. The lowest BCUT2D eigenvalue weighted by atomic mass is 10.2. The molecule has 3 aromatic rings. The fourth-order valence-electron chi connectivity index (χ4n) is 3.08. The molecule has 0 fully saturated rings. The first-order valence-electron chi connectivity index (χ1n) is 10.1. The maximum atomic E-state index is 13.4. The second-order valence-corrected chi connectivity index (χ2v) is 9.09. The second kappa shape index (κ2) is 10.2. The Morgan fingerprint density at radius 3 is 2.06 bits per heavy atom. The molecule has 0 atom stereocenters. The summed E-state index contributed by atoms with van der Waals surface area (Å²) >= 11 is 0. The van der Waals surface area contributed by atoms with Crippen molar-refractivity contribution < 1.29 is 22.7 Å². The van der Waals surface area contributed by atoms with Crippen molar-refractivity contribution in [1.29, 1.82) is 0 Å². The van der Waals surface area contributed by atoms with E-state index >= 15 is 0 Å². The monoisotopic (exact) mass is 467 g/mol. The van der Waals surface area contributed by atoms with Gasteiger partial charge in [0.15, 0.2) is 0 Å². The number of benzene rings is 3. The van der Waals surface area contributed by atoms with Crippen LogP contribution in [0.25, 0.3) is 0 Å². The molecule has 0 aliphatic heterocycles. The molecule has 2 N–H and O–H groups in total. The molecule has 0 heterocycles. The van der Waals surface area contributed by atoms with Crippen LogP contribution in [0.15, 0.2) is 77.7 Å². The molecule has 0 aliphatic carbocycles. The molecule has 2 amide bonds. The number of rotatable bonds is 8. The van der Waals surface area contributed by atoms with Gasteiger partial charge in [-0.05, 0) is 67.6 Å². The van der Waals surface area contributed by atoms with Crippen LogP contribution in [0, 0.1) is 6.92 Å². The van der Waals surface area contributed by atoms with Gasteiger partial charge in [-0.1, -0.05) is 17.7 Å². The Bertz CT molecular complexity index is 1220. The van der Waals surface area contributed by atoms with E-state index in [1.807, 2.05) is 6.92 Å². The lowest BCUT2D eigenvalue weighted by molar-refractivity contribution is -0.114. The molecule has 0 aromatic heterocycles. The minimum absolute atomic E-state index is 0.0756. The molecule has 0 saturated carbocycles. The van der Waals surface area contributed by atoms with Crippen LogP contribution in [0.3, 0.4) is 0 Å². The van der Waals surface area contributed by atoms with Crippen LogP contribution < -0.4 is 19.7 Å². The van der Waals surface area contributed by atoms with Gasteiger partial charge in [0.05, 0.1) is 17.7 Å². The van der Waals surface area contributed by atoms with E-state index in [-0.39, 0.29) is 10.8 Å². The van der Waals surface area contributed by atoms with E-state index < -0.39 is 22.5 Å². The van der Waals surface area contributed by atoms with Gasteiger partial charge >= 0.3 is 0 Å². The molecule has 172 valence electrons. The summed E-state index contributed by atoms with van der Waals surface area (Å²) in [5, 5.41) is 5.20. The molecule has 3 rings (SSSR count). The smallest absolute Gasteiger partial charge is 0.264 e. The van der Waals surface area contributed by atoms with E-state index in [0.29, 0.717) is 22.7 Å². The number of carbonyl (C=O) groups excluding carboxylic acids is 2. The first kappa shape index (κ1) is 23.8. The predicted octanol–water partition coefficient (Wildman–Crippen LogP) is 3.20. The molecule has 0 unspecified atom stereocenters. The van der Waals surface area contributed by atoms with E-state index in [0.717, 1.165) is 9.87 Å². The van der Waals surface area contributed by atoms with Crippen molar-refractivity contribution in [1.82, 2.24) is 5.32 Å². The zero-order valence-electron chi connectivity index (χ0n) is 18.5. The van der Waals surface area contributed by atoms with Gasteiger partial charge in [-0.25, -0.2) is 8.42 Å². The first-order chi connectivity index (χ1) is 15.7. The highest BCUT2D eigenvalue weighted by Crippen LogP contribution is 2.26. The van der Waals surface area contributed by atoms with Crippen LogP contribution >= 0.6 is 0 Å². The summed E-state index contributed by atoms with van der Waals surface area (Å²) in [4.78, 5) is 24.6. The fraction of sp³-hybridized carbons (Fsp3) is 0.167. The van der Waals surface area contributed by atoms with Gasteiger partial charge in [0.25, 0.3) is 15.9 Å². The Hall–Kier alpha value is -3.85. The van der Waals surface area contributed by atoms with E-state index in [2.05, 4.69) is 10.6 Å². The van der Waals surface area contributed by atoms with Crippen molar-refractivity contribution in [2.24, 2.45) is 0 Å². The molecule has 0 spiro atoms. The van der Waals surface area contributed by atoms with Crippen LogP contribution in [0.1, 0.15) is 15.9 Å². The van der Waals surface area contributed by atoms with E-state index in [1.165, 1.54) is 26.3 Å². The van der Waals surface area contributed by atoms with Crippen molar-refractivity contribution >= 4 is 33.2 Å². The molecule has 0 bridgehead atoms. The highest BCUT2D eigenvalue weighted by atomic mass is 32.2. The van der Waals surface area contributed by atoms with Gasteiger partial charge in [-0.3, -0.25) is 13.9 Å². The molecule has 0 saturated heterocycles. The van der Waals surface area contributed by atoms with Gasteiger partial charge in [0, 0.05) is 18.3 Å². The molecular formula is C24H25N3O5S. The number of sulfonamides is 1. The molecule has 8 nitrogen and oxygen atoms in total. The minimum atomic E-state index is -4.02. The SMILES string of the molecule is CNC(=O)c1ccc(NC(=O)CN(c2ccc(OC)cc2)S(=O)(=O)c2ccc(C)cc2)cc1. The molecule has 33 heavy (non-hydrogen) atoms. The Labute approximate surface area is 193 Å². The second-order valence-electron chi connectivity index (χ2n) is 7.23. The largest absolute Gasteiger partial charge is 0.497 e. The highest BCUT2D eigenvalue weighted by molar-refractivity contribution is 7.92. The summed E-state index contributed by atoms with van der Waals surface area (Å²) in [6.07, 6.45) is 0.